The highest BCUT2D eigenvalue weighted by Crippen LogP contribution is 2.32. The Balaban J connectivity index is 1.26. The van der Waals surface area contributed by atoms with Crippen LogP contribution in [0.2, 0.25) is 0 Å². The van der Waals surface area contributed by atoms with Gasteiger partial charge in [-0.05, 0) is 48.2 Å². The zero-order valence-electron chi connectivity index (χ0n) is 18.4. The van der Waals surface area contributed by atoms with Crippen LogP contribution in [0.25, 0.3) is 0 Å². The molecule has 0 aliphatic carbocycles. The molecule has 1 fully saturated rings. The van der Waals surface area contributed by atoms with Crippen molar-refractivity contribution in [2.45, 2.75) is 30.3 Å². The smallest absolute Gasteiger partial charge is 0.264 e. The summed E-state index contributed by atoms with van der Waals surface area (Å²) in [5.74, 6) is -0.236. The maximum atomic E-state index is 13.3. The fourth-order valence-corrected chi connectivity index (χ4v) is 6.24. The van der Waals surface area contributed by atoms with E-state index in [0.29, 0.717) is 18.5 Å². The molecule has 3 aromatic rings. The summed E-state index contributed by atoms with van der Waals surface area (Å²) in [7, 11) is -3.73. The van der Waals surface area contributed by atoms with Crippen LogP contribution in [0.5, 0.6) is 0 Å². The van der Waals surface area contributed by atoms with Crippen LogP contribution in [0, 0.1) is 0 Å². The molecule has 1 saturated heterocycles. The maximum absolute atomic E-state index is 13.3. The number of carbonyl (C=O) groups is 1. The lowest BCUT2D eigenvalue weighted by Gasteiger charge is -2.20. The minimum absolute atomic E-state index is 0.0481. The first-order chi connectivity index (χ1) is 16.0. The first-order valence-corrected chi connectivity index (χ1v) is 12.7. The minimum Gasteiger partial charge on any atom is -0.348 e. The molecule has 33 heavy (non-hydrogen) atoms. The lowest BCUT2D eigenvalue weighted by atomic mass is 10.2. The minimum atomic E-state index is -3.73. The lowest BCUT2D eigenvalue weighted by molar-refractivity contribution is 0.0937. The van der Waals surface area contributed by atoms with E-state index >= 15 is 0 Å². The second-order valence-electron chi connectivity index (χ2n) is 8.66. The van der Waals surface area contributed by atoms with Crippen LogP contribution in [0.1, 0.15) is 27.9 Å². The molecule has 0 bridgehead atoms. The van der Waals surface area contributed by atoms with Crippen LogP contribution in [0.4, 0.5) is 5.69 Å². The van der Waals surface area contributed by atoms with Gasteiger partial charge in [-0.2, -0.15) is 0 Å². The van der Waals surface area contributed by atoms with Crippen LogP contribution < -0.4 is 9.62 Å². The molecular formula is C26H27N3O3S. The Morgan fingerprint density at radius 2 is 1.73 bits per heavy atom. The second kappa shape index (κ2) is 9.00. The Morgan fingerprint density at radius 3 is 2.58 bits per heavy atom. The van der Waals surface area contributed by atoms with E-state index in [1.54, 1.807) is 18.2 Å². The molecule has 5 rings (SSSR count). The van der Waals surface area contributed by atoms with Gasteiger partial charge in [-0.25, -0.2) is 8.42 Å². The van der Waals surface area contributed by atoms with Gasteiger partial charge in [0.15, 0.2) is 0 Å². The fraction of sp³-hybridized carbons (Fsp3) is 0.269. The van der Waals surface area contributed by atoms with Crippen molar-refractivity contribution in [1.82, 2.24) is 10.2 Å². The first kappa shape index (κ1) is 21.7. The summed E-state index contributed by atoms with van der Waals surface area (Å²) in [4.78, 5) is 15.4. The van der Waals surface area contributed by atoms with Crippen molar-refractivity contribution in [1.29, 1.82) is 0 Å². The average Bonchev–Trinajstić information content (AvgIpc) is 3.47. The number of benzene rings is 3. The molecule has 0 radical (unpaired) electrons. The van der Waals surface area contributed by atoms with E-state index in [9.17, 15) is 13.2 Å². The monoisotopic (exact) mass is 461 g/mol. The Kier molecular flexibility index (Phi) is 5.91. The highest BCUT2D eigenvalue weighted by molar-refractivity contribution is 7.92. The SMILES string of the molecule is O=C(NC1CCN(Cc2ccccc2)C1)c1cccc(S(=O)(=O)N2CCc3ccccc32)c1. The van der Waals surface area contributed by atoms with E-state index in [4.69, 9.17) is 0 Å². The Morgan fingerprint density at radius 1 is 0.939 bits per heavy atom. The average molecular weight is 462 g/mol. The number of nitrogens with one attached hydrogen (secondary N) is 1. The van der Waals surface area contributed by atoms with Gasteiger partial charge in [0.2, 0.25) is 0 Å². The molecule has 170 valence electrons. The van der Waals surface area contributed by atoms with Crippen molar-refractivity contribution < 1.29 is 13.2 Å². The zero-order valence-corrected chi connectivity index (χ0v) is 19.2. The summed E-state index contributed by atoms with van der Waals surface area (Å²) >= 11 is 0. The van der Waals surface area contributed by atoms with Crippen LogP contribution >= 0.6 is 0 Å². The predicted octanol–water partition coefficient (Wildman–Crippen LogP) is 3.44. The van der Waals surface area contributed by atoms with Gasteiger partial charge in [-0.15, -0.1) is 0 Å². The Bertz CT molecular complexity index is 1260. The second-order valence-corrected chi connectivity index (χ2v) is 10.5. The van der Waals surface area contributed by atoms with Crippen LogP contribution in [-0.4, -0.2) is 44.9 Å². The van der Waals surface area contributed by atoms with Crippen molar-refractivity contribution in [3.05, 3.63) is 95.6 Å². The third-order valence-corrected chi connectivity index (χ3v) is 8.19. The van der Waals surface area contributed by atoms with Crippen molar-refractivity contribution in [3.63, 3.8) is 0 Å². The van der Waals surface area contributed by atoms with Gasteiger partial charge in [0.25, 0.3) is 15.9 Å². The van der Waals surface area contributed by atoms with E-state index in [2.05, 4.69) is 22.3 Å². The molecule has 0 aromatic heterocycles. The number of hydrogen-bond acceptors (Lipinski definition) is 4. The number of para-hydroxylation sites is 1. The molecule has 1 N–H and O–H groups in total. The summed E-state index contributed by atoms with van der Waals surface area (Å²) < 4.78 is 28.1. The number of nitrogens with zero attached hydrogens (tertiary/aromatic N) is 2. The predicted molar refractivity (Wildman–Crippen MR) is 129 cm³/mol. The summed E-state index contributed by atoms with van der Waals surface area (Å²) in [5.41, 5.74) is 3.36. The molecular weight excluding hydrogens is 434 g/mol. The standard InChI is InChI=1S/C26H27N3O3S/c30-26(27-23-14-15-28(19-23)18-20-7-2-1-3-8-20)22-10-6-11-24(17-22)33(31,32)29-16-13-21-9-4-5-12-25(21)29/h1-12,17,23H,13-16,18-19H2,(H,27,30). The van der Waals surface area contributed by atoms with Gasteiger partial charge in [0.1, 0.15) is 0 Å². The van der Waals surface area contributed by atoms with E-state index in [1.165, 1.54) is 15.9 Å². The van der Waals surface area contributed by atoms with Gasteiger partial charge >= 0.3 is 0 Å². The highest BCUT2D eigenvalue weighted by Gasteiger charge is 2.31. The van der Waals surface area contributed by atoms with Crippen LogP contribution in [0.3, 0.4) is 0 Å². The molecule has 2 heterocycles. The Labute approximate surface area is 194 Å². The molecule has 7 heteroatoms. The van der Waals surface area contributed by atoms with Crippen LogP contribution in [0.15, 0.2) is 83.8 Å². The zero-order chi connectivity index (χ0) is 22.8. The molecule has 1 atom stereocenters. The number of anilines is 1. The van der Waals surface area contributed by atoms with E-state index in [1.807, 2.05) is 42.5 Å². The van der Waals surface area contributed by atoms with Gasteiger partial charge in [0, 0.05) is 37.8 Å². The highest BCUT2D eigenvalue weighted by atomic mass is 32.2. The molecule has 0 saturated carbocycles. The lowest BCUT2D eigenvalue weighted by Crippen LogP contribution is -2.37. The van der Waals surface area contributed by atoms with Crippen molar-refractivity contribution in [2.75, 3.05) is 23.9 Å². The molecule has 6 nitrogen and oxygen atoms in total. The molecule has 1 amide bonds. The molecule has 3 aromatic carbocycles. The molecule has 2 aliphatic rings. The normalized spacial score (nSPS) is 18.3. The number of sulfonamides is 1. The number of rotatable bonds is 6. The largest absolute Gasteiger partial charge is 0.348 e. The van der Waals surface area contributed by atoms with Crippen molar-refractivity contribution >= 4 is 21.6 Å². The third kappa shape index (κ3) is 4.51. The fourth-order valence-electron chi connectivity index (χ4n) is 4.69. The number of amides is 1. The van der Waals surface area contributed by atoms with Crippen LogP contribution in [-0.2, 0) is 23.0 Å². The summed E-state index contributed by atoms with van der Waals surface area (Å²) in [5, 5.41) is 3.09. The maximum Gasteiger partial charge on any atom is 0.264 e. The summed E-state index contributed by atoms with van der Waals surface area (Å²) in [6.07, 6.45) is 1.57. The first-order valence-electron chi connectivity index (χ1n) is 11.3. The van der Waals surface area contributed by atoms with E-state index in [-0.39, 0.29) is 16.8 Å². The van der Waals surface area contributed by atoms with E-state index < -0.39 is 10.0 Å². The summed E-state index contributed by atoms with van der Waals surface area (Å²) in [6, 6.07) is 24.2. The van der Waals surface area contributed by atoms with Crippen molar-refractivity contribution in [2.24, 2.45) is 0 Å². The quantitative estimate of drug-likeness (QED) is 0.611. The third-order valence-electron chi connectivity index (χ3n) is 6.39. The van der Waals surface area contributed by atoms with Gasteiger partial charge in [-0.3, -0.25) is 14.0 Å². The molecule has 0 spiro atoms. The summed E-state index contributed by atoms with van der Waals surface area (Å²) in [6.45, 7) is 2.97. The number of carbonyl (C=O) groups excluding carboxylic acids is 1. The van der Waals surface area contributed by atoms with E-state index in [0.717, 1.165) is 37.3 Å². The van der Waals surface area contributed by atoms with Gasteiger partial charge in [-0.1, -0.05) is 54.6 Å². The number of fused-ring (bicyclic) bond motifs is 1. The van der Waals surface area contributed by atoms with Gasteiger partial charge < -0.3 is 5.32 Å². The molecule has 2 aliphatic heterocycles. The number of likely N-dealkylation sites (tertiary alicyclic amines) is 1. The van der Waals surface area contributed by atoms with Crippen molar-refractivity contribution in [3.8, 4) is 0 Å². The topological polar surface area (TPSA) is 69.7 Å². The molecule has 1 unspecified atom stereocenters. The number of hydrogen-bond donors (Lipinski definition) is 1. The Hall–Kier alpha value is -3.16. The van der Waals surface area contributed by atoms with Gasteiger partial charge in [0.05, 0.1) is 10.6 Å².